The minimum absolute atomic E-state index is 0.132. The Hall–Kier alpha value is -0.610. The molecule has 98 valence electrons. The van der Waals surface area contributed by atoms with Crippen molar-refractivity contribution in [2.24, 2.45) is 5.92 Å². The molecule has 0 spiro atoms. The van der Waals surface area contributed by atoms with Crippen LogP contribution in [-0.4, -0.2) is 38.4 Å². The van der Waals surface area contributed by atoms with Crippen molar-refractivity contribution in [3.05, 3.63) is 0 Å². The lowest BCUT2D eigenvalue weighted by atomic mass is 9.93. The summed E-state index contributed by atoms with van der Waals surface area (Å²) in [6.07, 6.45) is 7.01. The summed E-state index contributed by atoms with van der Waals surface area (Å²) in [6, 6.07) is 0.310. The summed E-state index contributed by atoms with van der Waals surface area (Å²) in [6.45, 7) is 1.51. The van der Waals surface area contributed by atoms with Crippen LogP contribution in [0.1, 0.15) is 38.5 Å². The molecule has 4 nitrogen and oxygen atoms in total. The van der Waals surface area contributed by atoms with Crippen molar-refractivity contribution in [2.45, 2.75) is 50.6 Å². The monoisotopic (exact) mass is 241 g/mol. The molecule has 1 saturated carbocycles. The molecule has 1 saturated heterocycles. The van der Waals surface area contributed by atoms with Gasteiger partial charge in [0.05, 0.1) is 13.7 Å². The Kier molecular flexibility index (Phi) is 4.80. The first-order valence-corrected chi connectivity index (χ1v) is 6.73. The maximum absolute atomic E-state index is 11.9. The van der Waals surface area contributed by atoms with Crippen molar-refractivity contribution in [3.63, 3.8) is 0 Å². The van der Waals surface area contributed by atoms with E-state index in [0.29, 0.717) is 12.6 Å². The van der Waals surface area contributed by atoms with Gasteiger partial charge in [-0.1, -0.05) is 12.8 Å². The maximum atomic E-state index is 11.9. The molecule has 17 heavy (non-hydrogen) atoms. The standard InChI is InChI=1S/C13H23NO3/c1-16-13(15)12(10-5-4-8-17-9-10)14-11-6-2-3-7-11/h10-12,14H,2-9H2,1H3. The van der Waals surface area contributed by atoms with Gasteiger partial charge in [-0.3, -0.25) is 4.79 Å². The van der Waals surface area contributed by atoms with Gasteiger partial charge >= 0.3 is 5.97 Å². The molecule has 2 atom stereocenters. The summed E-state index contributed by atoms with van der Waals surface area (Å²) >= 11 is 0. The van der Waals surface area contributed by atoms with Crippen LogP contribution in [0.3, 0.4) is 0 Å². The Labute approximate surface area is 103 Å². The molecule has 2 fully saturated rings. The molecule has 0 aromatic heterocycles. The first-order valence-electron chi connectivity index (χ1n) is 6.73. The van der Waals surface area contributed by atoms with E-state index in [0.717, 1.165) is 19.4 Å². The van der Waals surface area contributed by atoms with Crippen LogP contribution in [0.2, 0.25) is 0 Å². The van der Waals surface area contributed by atoms with Crippen molar-refractivity contribution >= 4 is 5.97 Å². The van der Waals surface area contributed by atoms with Gasteiger partial charge in [-0.25, -0.2) is 0 Å². The Morgan fingerprint density at radius 1 is 1.29 bits per heavy atom. The quantitative estimate of drug-likeness (QED) is 0.757. The first-order chi connectivity index (χ1) is 8.31. The van der Waals surface area contributed by atoms with Crippen LogP contribution in [0, 0.1) is 5.92 Å². The van der Waals surface area contributed by atoms with Gasteiger partial charge in [-0.2, -0.15) is 0 Å². The molecule has 1 aliphatic heterocycles. The number of ether oxygens (including phenoxy) is 2. The highest BCUT2D eigenvalue weighted by molar-refractivity contribution is 5.76. The van der Waals surface area contributed by atoms with Crippen LogP contribution in [0.25, 0.3) is 0 Å². The zero-order chi connectivity index (χ0) is 12.1. The van der Waals surface area contributed by atoms with Gasteiger partial charge in [-0.05, 0) is 25.7 Å². The average molecular weight is 241 g/mol. The fraction of sp³-hybridized carbons (Fsp3) is 0.923. The van der Waals surface area contributed by atoms with E-state index in [2.05, 4.69) is 5.32 Å². The Balaban J connectivity index is 1.93. The van der Waals surface area contributed by atoms with Crippen molar-refractivity contribution in [1.82, 2.24) is 5.32 Å². The molecule has 0 radical (unpaired) electrons. The number of rotatable bonds is 4. The molecular formula is C13H23NO3. The van der Waals surface area contributed by atoms with E-state index >= 15 is 0 Å². The zero-order valence-corrected chi connectivity index (χ0v) is 10.6. The van der Waals surface area contributed by atoms with Gasteiger partial charge in [0.2, 0.25) is 0 Å². The molecule has 0 bridgehead atoms. The van der Waals surface area contributed by atoms with Crippen LogP contribution >= 0.6 is 0 Å². The predicted octanol–water partition coefficient (Wildman–Crippen LogP) is 1.49. The Bertz CT molecular complexity index is 245. The second kappa shape index (κ2) is 6.36. The van der Waals surface area contributed by atoms with Crippen LogP contribution in [0.15, 0.2) is 0 Å². The number of methoxy groups -OCH3 is 1. The highest BCUT2D eigenvalue weighted by atomic mass is 16.5. The first kappa shape index (κ1) is 12.8. The molecule has 1 N–H and O–H groups in total. The summed E-state index contributed by atoms with van der Waals surface area (Å²) in [5.74, 6) is 0.143. The minimum atomic E-state index is -0.177. The van der Waals surface area contributed by atoms with Gasteiger partial charge in [0.15, 0.2) is 0 Å². The third-order valence-electron chi connectivity index (χ3n) is 3.89. The fourth-order valence-corrected chi connectivity index (χ4v) is 2.90. The van der Waals surface area contributed by atoms with Crippen molar-refractivity contribution in [2.75, 3.05) is 20.3 Å². The van der Waals surface area contributed by atoms with Crippen molar-refractivity contribution < 1.29 is 14.3 Å². The molecule has 0 amide bonds. The van der Waals surface area contributed by atoms with Crippen LogP contribution in [-0.2, 0) is 14.3 Å². The van der Waals surface area contributed by atoms with Gasteiger partial charge < -0.3 is 14.8 Å². The van der Waals surface area contributed by atoms with E-state index in [-0.39, 0.29) is 17.9 Å². The third kappa shape index (κ3) is 3.42. The van der Waals surface area contributed by atoms with Gasteiger partial charge in [0.1, 0.15) is 6.04 Å². The second-order valence-electron chi connectivity index (χ2n) is 5.13. The molecule has 0 aromatic carbocycles. The lowest BCUT2D eigenvalue weighted by Gasteiger charge is -2.31. The van der Waals surface area contributed by atoms with E-state index in [1.165, 1.54) is 32.8 Å². The molecule has 2 aliphatic rings. The second-order valence-corrected chi connectivity index (χ2v) is 5.13. The highest BCUT2D eigenvalue weighted by Crippen LogP contribution is 2.23. The van der Waals surface area contributed by atoms with Crippen LogP contribution in [0.5, 0.6) is 0 Å². The van der Waals surface area contributed by atoms with Crippen LogP contribution < -0.4 is 5.32 Å². The number of carbonyl (C=O) groups is 1. The van der Waals surface area contributed by atoms with E-state index < -0.39 is 0 Å². The summed E-state index contributed by atoms with van der Waals surface area (Å²) in [4.78, 5) is 11.9. The van der Waals surface area contributed by atoms with E-state index in [1.807, 2.05) is 0 Å². The van der Waals surface area contributed by atoms with Gasteiger partial charge in [-0.15, -0.1) is 0 Å². The van der Waals surface area contributed by atoms with Gasteiger partial charge in [0.25, 0.3) is 0 Å². The van der Waals surface area contributed by atoms with Crippen molar-refractivity contribution in [3.8, 4) is 0 Å². The number of hydrogen-bond donors (Lipinski definition) is 1. The number of hydrogen-bond acceptors (Lipinski definition) is 4. The molecule has 1 heterocycles. The molecule has 2 unspecified atom stereocenters. The molecule has 2 rings (SSSR count). The largest absolute Gasteiger partial charge is 0.468 e. The molecule has 1 aliphatic carbocycles. The SMILES string of the molecule is COC(=O)C(NC1CCCC1)C1CCCOC1. The molecule has 4 heteroatoms. The average Bonchev–Trinajstić information content (AvgIpc) is 2.89. The summed E-state index contributed by atoms with van der Waals surface area (Å²) in [5, 5.41) is 3.48. The van der Waals surface area contributed by atoms with E-state index in [9.17, 15) is 4.79 Å². The van der Waals surface area contributed by atoms with Crippen LogP contribution in [0.4, 0.5) is 0 Å². The summed E-state index contributed by atoms with van der Waals surface area (Å²) in [5.41, 5.74) is 0. The summed E-state index contributed by atoms with van der Waals surface area (Å²) in [7, 11) is 1.47. The number of nitrogens with one attached hydrogen (secondary N) is 1. The number of esters is 1. The van der Waals surface area contributed by atoms with E-state index in [1.54, 1.807) is 0 Å². The summed E-state index contributed by atoms with van der Waals surface area (Å²) < 4.78 is 10.4. The molecular weight excluding hydrogens is 218 g/mol. The maximum Gasteiger partial charge on any atom is 0.323 e. The number of carbonyl (C=O) groups excluding carboxylic acids is 1. The van der Waals surface area contributed by atoms with Crippen molar-refractivity contribution in [1.29, 1.82) is 0 Å². The molecule has 0 aromatic rings. The topological polar surface area (TPSA) is 47.6 Å². The zero-order valence-electron chi connectivity index (χ0n) is 10.6. The lowest BCUT2D eigenvalue weighted by molar-refractivity contribution is -0.146. The predicted molar refractivity (Wildman–Crippen MR) is 64.7 cm³/mol. The lowest BCUT2D eigenvalue weighted by Crippen LogP contribution is -2.49. The van der Waals surface area contributed by atoms with E-state index in [4.69, 9.17) is 9.47 Å². The highest BCUT2D eigenvalue weighted by Gasteiger charge is 2.33. The smallest absolute Gasteiger partial charge is 0.323 e. The van der Waals surface area contributed by atoms with Gasteiger partial charge in [0, 0.05) is 18.6 Å². The Morgan fingerprint density at radius 2 is 2.06 bits per heavy atom. The normalized spacial score (nSPS) is 27.9. The minimum Gasteiger partial charge on any atom is -0.468 e. The Morgan fingerprint density at radius 3 is 2.65 bits per heavy atom. The fourth-order valence-electron chi connectivity index (χ4n) is 2.90. The third-order valence-corrected chi connectivity index (χ3v) is 3.89.